The fourth-order valence-corrected chi connectivity index (χ4v) is 3.13. The predicted octanol–water partition coefficient (Wildman–Crippen LogP) is 4.50. The lowest BCUT2D eigenvalue weighted by atomic mass is 10.2. The van der Waals surface area contributed by atoms with Gasteiger partial charge in [-0.15, -0.1) is 0 Å². The van der Waals surface area contributed by atoms with Crippen LogP contribution in [0.25, 0.3) is 16.9 Å². The Balaban J connectivity index is 1.52. The number of fused-ring (bicyclic) bond motifs is 1. The number of hydrogen-bond donors (Lipinski definition) is 3. The van der Waals surface area contributed by atoms with E-state index in [2.05, 4.69) is 20.3 Å². The summed E-state index contributed by atoms with van der Waals surface area (Å²) >= 11 is 5.55. The minimum absolute atomic E-state index is 0.0581. The van der Waals surface area contributed by atoms with Crippen molar-refractivity contribution in [3.8, 4) is 5.69 Å². The monoisotopic (exact) mass is 463 g/mol. The van der Waals surface area contributed by atoms with E-state index in [1.807, 2.05) is 0 Å². The summed E-state index contributed by atoms with van der Waals surface area (Å²) < 4.78 is 40.7. The molecule has 9 nitrogen and oxygen atoms in total. The largest absolute Gasteiger partial charge is 0.417 e. The number of nitrogen functional groups attached to an aromatic ring is 1. The van der Waals surface area contributed by atoms with Gasteiger partial charge < -0.3 is 11.1 Å². The predicted molar refractivity (Wildman–Crippen MR) is 111 cm³/mol. The van der Waals surface area contributed by atoms with Crippen molar-refractivity contribution in [2.24, 2.45) is 0 Å². The van der Waals surface area contributed by atoms with Crippen LogP contribution in [0.2, 0.25) is 5.02 Å². The SMILES string of the molecule is Nc1ncnc2c1ncn2-c1ccc(NC(=O)N(O)c2ccc(Cl)c(C(F)(F)F)c2)cc1. The molecule has 0 unspecified atom stereocenters. The number of carbonyl (C=O) groups is 1. The molecule has 4 N–H and O–H groups in total. The number of carbonyl (C=O) groups excluding carboxylic acids is 1. The highest BCUT2D eigenvalue weighted by atomic mass is 35.5. The van der Waals surface area contributed by atoms with Gasteiger partial charge in [-0.2, -0.15) is 18.2 Å². The lowest BCUT2D eigenvalue weighted by molar-refractivity contribution is -0.137. The highest BCUT2D eigenvalue weighted by molar-refractivity contribution is 6.31. The van der Waals surface area contributed by atoms with Crippen molar-refractivity contribution >= 4 is 46.0 Å². The molecule has 4 rings (SSSR count). The Labute approximate surface area is 182 Å². The van der Waals surface area contributed by atoms with E-state index in [0.717, 1.165) is 12.1 Å². The first-order valence-corrected chi connectivity index (χ1v) is 9.23. The van der Waals surface area contributed by atoms with Gasteiger partial charge in [0.1, 0.15) is 12.7 Å². The molecule has 0 saturated carbocycles. The fraction of sp³-hybridized carbons (Fsp3) is 0.0526. The van der Waals surface area contributed by atoms with Gasteiger partial charge in [0.15, 0.2) is 17.0 Å². The van der Waals surface area contributed by atoms with Crippen LogP contribution in [-0.2, 0) is 6.18 Å². The van der Waals surface area contributed by atoms with Gasteiger partial charge in [0.25, 0.3) is 0 Å². The second kappa shape index (κ2) is 7.98. The Kier molecular flexibility index (Phi) is 5.32. The summed E-state index contributed by atoms with van der Waals surface area (Å²) in [5, 5.41) is 11.9. The number of amides is 2. The van der Waals surface area contributed by atoms with Crippen molar-refractivity contribution in [1.82, 2.24) is 19.5 Å². The molecule has 0 fully saturated rings. The van der Waals surface area contributed by atoms with Crippen LogP contribution in [0, 0.1) is 0 Å². The molecular weight excluding hydrogens is 451 g/mol. The van der Waals surface area contributed by atoms with E-state index in [1.165, 1.54) is 24.8 Å². The first-order chi connectivity index (χ1) is 15.1. The van der Waals surface area contributed by atoms with Crippen LogP contribution in [0.5, 0.6) is 0 Å². The summed E-state index contributed by atoms with van der Waals surface area (Å²) in [6, 6.07) is 7.86. The molecule has 0 aliphatic rings. The van der Waals surface area contributed by atoms with Crippen molar-refractivity contribution in [1.29, 1.82) is 0 Å². The van der Waals surface area contributed by atoms with Crippen LogP contribution in [-0.4, -0.2) is 30.8 Å². The van der Waals surface area contributed by atoms with Crippen LogP contribution in [0.15, 0.2) is 55.1 Å². The average molecular weight is 464 g/mol. The molecule has 0 radical (unpaired) electrons. The Morgan fingerprint density at radius 2 is 1.84 bits per heavy atom. The minimum Gasteiger partial charge on any atom is -0.382 e. The van der Waals surface area contributed by atoms with Crippen molar-refractivity contribution in [3.05, 3.63) is 65.7 Å². The number of alkyl halides is 3. The van der Waals surface area contributed by atoms with Gasteiger partial charge >= 0.3 is 12.2 Å². The van der Waals surface area contributed by atoms with Crippen LogP contribution in [0.4, 0.5) is 35.2 Å². The van der Waals surface area contributed by atoms with E-state index in [9.17, 15) is 23.2 Å². The number of rotatable bonds is 3. The summed E-state index contributed by atoms with van der Waals surface area (Å²) in [6.07, 6.45) is -1.92. The van der Waals surface area contributed by atoms with Crippen molar-refractivity contribution in [2.45, 2.75) is 6.18 Å². The number of hydroxylamine groups is 1. The number of imidazole rings is 1. The van der Waals surface area contributed by atoms with E-state index in [-0.39, 0.29) is 16.6 Å². The maximum Gasteiger partial charge on any atom is 0.417 e. The molecule has 0 saturated heterocycles. The van der Waals surface area contributed by atoms with Crippen LogP contribution >= 0.6 is 11.6 Å². The zero-order valence-corrected chi connectivity index (χ0v) is 16.6. The van der Waals surface area contributed by atoms with Crippen LogP contribution < -0.4 is 16.1 Å². The van der Waals surface area contributed by atoms with Gasteiger partial charge in [0, 0.05) is 11.4 Å². The molecule has 0 aliphatic heterocycles. The number of nitrogens with zero attached hydrogens (tertiary/aromatic N) is 5. The lowest BCUT2D eigenvalue weighted by Crippen LogP contribution is -2.32. The van der Waals surface area contributed by atoms with E-state index < -0.39 is 28.5 Å². The van der Waals surface area contributed by atoms with Crippen LogP contribution in [0.1, 0.15) is 5.56 Å². The minimum atomic E-state index is -4.74. The summed E-state index contributed by atoms with van der Waals surface area (Å²) in [4.78, 5) is 24.5. The number of nitrogens with one attached hydrogen (secondary N) is 1. The molecule has 4 aromatic rings. The normalized spacial score (nSPS) is 11.5. The molecular formula is C19H13ClF3N7O2. The third-order valence-electron chi connectivity index (χ3n) is 4.45. The molecule has 2 heterocycles. The highest BCUT2D eigenvalue weighted by Gasteiger charge is 2.34. The Bertz CT molecular complexity index is 1310. The zero-order chi connectivity index (χ0) is 23.0. The van der Waals surface area contributed by atoms with E-state index in [1.54, 1.807) is 16.7 Å². The van der Waals surface area contributed by atoms with Gasteiger partial charge in [0.05, 0.1) is 16.3 Å². The highest BCUT2D eigenvalue weighted by Crippen LogP contribution is 2.36. The third-order valence-corrected chi connectivity index (χ3v) is 4.78. The van der Waals surface area contributed by atoms with Crippen LogP contribution in [0.3, 0.4) is 0 Å². The van der Waals surface area contributed by atoms with Crippen molar-refractivity contribution < 1.29 is 23.2 Å². The number of aromatic nitrogens is 4. The number of halogens is 4. The topological polar surface area (TPSA) is 122 Å². The number of urea groups is 1. The average Bonchev–Trinajstić information content (AvgIpc) is 3.19. The molecule has 32 heavy (non-hydrogen) atoms. The Morgan fingerprint density at radius 3 is 2.53 bits per heavy atom. The van der Waals surface area contributed by atoms with Gasteiger partial charge in [0.2, 0.25) is 0 Å². The first-order valence-electron chi connectivity index (χ1n) is 8.86. The smallest absolute Gasteiger partial charge is 0.382 e. The Hall–Kier alpha value is -3.90. The summed E-state index contributed by atoms with van der Waals surface area (Å²) in [5.41, 5.74) is 6.04. The van der Waals surface area contributed by atoms with E-state index >= 15 is 0 Å². The maximum absolute atomic E-state index is 13.0. The van der Waals surface area contributed by atoms with Crippen molar-refractivity contribution in [3.63, 3.8) is 0 Å². The molecule has 2 aromatic carbocycles. The second-order valence-corrected chi connectivity index (χ2v) is 6.90. The number of benzene rings is 2. The summed E-state index contributed by atoms with van der Waals surface area (Å²) in [7, 11) is 0. The Morgan fingerprint density at radius 1 is 1.12 bits per heavy atom. The quantitative estimate of drug-likeness (QED) is 0.304. The van der Waals surface area contributed by atoms with Crippen molar-refractivity contribution in [2.75, 3.05) is 16.1 Å². The van der Waals surface area contributed by atoms with Gasteiger partial charge in [-0.1, -0.05) is 11.6 Å². The first kappa shape index (κ1) is 21.3. The molecule has 0 aliphatic carbocycles. The van der Waals surface area contributed by atoms with Gasteiger partial charge in [-0.05, 0) is 42.5 Å². The van der Waals surface area contributed by atoms with E-state index in [4.69, 9.17) is 17.3 Å². The lowest BCUT2D eigenvalue weighted by Gasteiger charge is -2.18. The molecule has 2 amide bonds. The van der Waals surface area contributed by atoms with E-state index in [0.29, 0.717) is 22.9 Å². The molecule has 164 valence electrons. The number of nitrogens with two attached hydrogens (primary N) is 1. The summed E-state index contributed by atoms with van der Waals surface area (Å²) in [6.45, 7) is 0. The standard InChI is InChI=1S/C19H13ClF3N7O2/c20-14-6-5-12(7-13(14)19(21,22)23)30(32)18(31)28-10-1-3-11(4-2-10)29-9-27-15-16(24)25-8-26-17(15)29/h1-9,32H,(H,28,31)(H2,24,25,26). The third kappa shape index (κ3) is 4.00. The molecule has 0 spiro atoms. The fourth-order valence-electron chi connectivity index (χ4n) is 2.90. The zero-order valence-electron chi connectivity index (χ0n) is 15.9. The molecule has 0 bridgehead atoms. The maximum atomic E-state index is 13.0. The molecule has 13 heteroatoms. The van der Waals surface area contributed by atoms with Gasteiger partial charge in [-0.3, -0.25) is 9.77 Å². The number of anilines is 3. The number of hydrogen-bond acceptors (Lipinski definition) is 6. The molecule has 2 aromatic heterocycles. The molecule has 0 atom stereocenters. The summed E-state index contributed by atoms with van der Waals surface area (Å²) in [5.74, 6) is 0.233. The van der Waals surface area contributed by atoms with Gasteiger partial charge in [-0.25, -0.2) is 19.7 Å². The second-order valence-electron chi connectivity index (χ2n) is 6.50.